The molecule has 0 aromatic rings. The zero-order chi connectivity index (χ0) is 10.4. The van der Waals surface area contributed by atoms with Gasteiger partial charge in [-0.1, -0.05) is 31.5 Å². The van der Waals surface area contributed by atoms with Crippen molar-refractivity contribution >= 4 is 11.6 Å². The molecule has 0 radical (unpaired) electrons. The monoisotopic (exact) mass is 200 g/mol. The Morgan fingerprint density at radius 3 is 2.23 bits per heavy atom. The third-order valence-electron chi connectivity index (χ3n) is 1.74. The molecule has 0 fully saturated rings. The Kier molecular flexibility index (Phi) is 5.31. The summed E-state index contributed by atoms with van der Waals surface area (Å²) in [5, 5.41) is 0.490. The van der Waals surface area contributed by atoms with Gasteiger partial charge in [-0.25, -0.2) is 0 Å². The second-order valence-corrected chi connectivity index (χ2v) is 3.43. The van der Waals surface area contributed by atoms with Gasteiger partial charge in [0.25, 0.3) is 0 Å². The van der Waals surface area contributed by atoms with Crippen molar-refractivity contribution in [3.05, 3.63) is 34.7 Å². The van der Waals surface area contributed by atoms with Crippen LogP contribution in [0.5, 0.6) is 0 Å². The minimum atomic E-state index is 0.366. The van der Waals surface area contributed by atoms with Gasteiger partial charge in [-0.15, -0.1) is 0 Å². The summed E-state index contributed by atoms with van der Waals surface area (Å²) in [4.78, 5) is 0. The molecule has 0 aromatic carbocycles. The normalized spacial score (nSPS) is 15.3. The van der Waals surface area contributed by atoms with Gasteiger partial charge in [0.05, 0.1) is 10.7 Å². The van der Waals surface area contributed by atoms with Crippen LogP contribution in [0.3, 0.4) is 0 Å². The van der Waals surface area contributed by atoms with Crippen LogP contribution >= 0.6 is 11.6 Å². The van der Waals surface area contributed by atoms with E-state index in [9.17, 15) is 0 Å². The maximum absolute atomic E-state index is 5.90. The molecule has 0 unspecified atom stereocenters. The number of nitrogens with two attached hydrogens (primary N) is 2. The van der Waals surface area contributed by atoms with E-state index in [0.717, 1.165) is 5.57 Å². The first kappa shape index (κ1) is 12.1. The van der Waals surface area contributed by atoms with Gasteiger partial charge < -0.3 is 11.5 Å². The van der Waals surface area contributed by atoms with Gasteiger partial charge in [-0.2, -0.15) is 0 Å². The highest BCUT2D eigenvalue weighted by atomic mass is 35.5. The Morgan fingerprint density at radius 2 is 1.92 bits per heavy atom. The first-order valence-electron chi connectivity index (χ1n) is 4.24. The average Bonchev–Trinajstić information content (AvgIpc) is 2.05. The molecular weight excluding hydrogens is 184 g/mol. The van der Waals surface area contributed by atoms with Crippen LogP contribution in [0.4, 0.5) is 0 Å². The number of halogens is 1. The summed E-state index contributed by atoms with van der Waals surface area (Å²) in [6.07, 6.45) is 4.93. The predicted molar refractivity (Wildman–Crippen MR) is 59.0 cm³/mol. The highest BCUT2D eigenvalue weighted by Gasteiger charge is 2.07. The number of hydrogen-bond donors (Lipinski definition) is 2. The van der Waals surface area contributed by atoms with E-state index < -0.39 is 0 Å². The van der Waals surface area contributed by atoms with Crippen molar-refractivity contribution in [2.75, 3.05) is 0 Å². The van der Waals surface area contributed by atoms with Crippen LogP contribution in [-0.4, -0.2) is 0 Å². The van der Waals surface area contributed by atoms with Crippen molar-refractivity contribution in [1.29, 1.82) is 0 Å². The third kappa shape index (κ3) is 3.55. The highest BCUT2D eigenvalue weighted by molar-refractivity contribution is 6.31. The lowest BCUT2D eigenvalue weighted by Crippen LogP contribution is -2.08. The van der Waals surface area contributed by atoms with E-state index in [2.05, 4.69) is 13.8 Å². The summed E-state index contributed by atoms with van der Waals surface area (Å²) in [7, 11) is 0. The molecular formula is C10H17ClN2. The van der Waals surface area contributed by atoms with Crippen LogP contribution in [-0.2, 0) is 0 Å². The zero-order valence-electron chi connectivity index (χ0n) is 8.34. The molecule has 2 nitrogen and oxygen atoms in total. The summed E-state index contributed by atoms with van der Waals surface area (Å²) in [6, 6.07) is 0. The lowest BCUT2D eigenvalue weighted by molar-refractivity contribution is 0.772. The Morgan fingerprint density at radius 1 is 1.38 bits per heavy atom. The van der Waals surface area contributed by atoms with Gasteiger partial charge in [-0.05, 0) is 30.7 Å². The van der Waals surface area contributed by atoms with Crippen LogP contribution < -0.4 is 11.5 Å². The van der Waals surface area contributed by atoms with Crippen molar-refractivity contribution in [2.45, 2.75) is 20.8 Å². The predicted octanol–water partition coefficient (Wildman–Crippen LogP) is 2.47. The highest BCUT2D eigenvalue weighted by Crippen LogP contribution is 2.20. The second-order valence-electron chi connectivity index (χ2n) is 3.02. The minimum Gasteiger partial charge on any atom is -0.405 e. The lowest BCUT2D eigenvalue weighted by Gasteiger charge is -2.11. The van der Waals surface area contributed by atoms with E-state index in [1.54, 1.807) is 6.08 Å². The van der Waals surface area contributed by atoms with Gasteiger partial charge in [0.1, 0.15) is 0 Å². The fourth-order valence-electron chi connectivity index (χ4n) is 1.11. The fourth-order valence-corrected chi connectivity index (χ4v) is 1.29. The molecule has 0 saturated heterocycles. The molecule has 74 valence electrons. The Balaban J connectivity index is 4.94. The smallest absolute Gasteiger partial charge is 0.0652 e. The van der Waals surface area contributed by atoms with Crippen molar-refractivity contribution in [1.82, 2.24) is 0 Å². The summed E-state index contributed by atoms with van der Waals surface area (Å²) in [6.45, 7) is 6.08. The topological polar surface area (TPSA) is 52.0 Å². The maximum atomic E-state index is 5.90. The van der Waals surface area contributed by atoms with Crippen LogP contribution in [0.1, 0.15) is 20.8 Å². The van der Waals surface area contributed by atoms with Crippen LogP contribution in [0, 0.1) is 5.92 Å². The molecule has 0 atom stereocenters. The fraction of sp³-hybridized carbons (Fsp3) is 0.400. The molecule has 4 N–H and O–H groups in total. The van der Waals surface area contributed by atoms with E-state index in [4.69, 9.17) is 23.1 Å². The number of allylic oxidation sites excluding steroid dienone is 4. The van der Waals surface area contributed by atoms with Crippen molar-refractivity contribution in [3.8, 4) is 0 Å². The molecule has 0 aliphatic rings. The molecule has 0 heterocycles. The quantitative estimate of drug-likeness (QED) is 0.688. The van der Waals surface area contributed by atoms with Crippen molar-refractivity contribution in [2.24, 2.45) is 17.4 Å². The molecule has 0 saturated carbocycles. The summed E-state index contributed by atoms with van der Waals surface area (Å²) >= 11 is 5.90. The number of rotatable bonds is 3. The molecule has 0 rings (SSSR count). The molecule has 0 aliphatic heterocycles. The van der Waals surface area contributed by atoms with E-state index in [0.29, 0.717) is 16.6 Å². The summed E-state index contributed by atoms with van der Waals surface area (Å²) < 4.78 is 0. The van der Waals surface area contributed by atoms with E-state index >= 15 is 0 Å². The maximum Gasteiger partial charge on any atom is 0.0652 e. The zero-order valence-corrected chi connectivity index (χ0v) is 9.10. The van der Waals surface area contributed by atoms with E-state index in [1.807, 2.05) is 13.0 Å². The Bertz CT molecular complexity index is 250. The second kappa shape index (κ2) is 5.70. The minimum absolute atomic E-state index is 0.366. The summed E-state index contributed by atoms with van der Waals surface area (Å²) in [5.41, 5.74) is 12.7. The van der Waals surface area contributed by atoms with Gasteiger partial charge >= 0.3 is 0 Å². The molecule has 0 aromatic heterocycles. The standard InChI is InChI=1S/C10H17ClN2/c1-4-8(7(2)3)10(13)9(11)5-6-12/h4-7H,12-13H2,1-3H3/b6-5-,8-4-,10-9-. The van der Waals surface area contributed by atoms with Crippen molar-refractivity contribution < 1.29 is 0 Å². The molecule has 13 heavy (non-hydrogen) atoms. The van der Waals surface area contributed by atoms with Crippen LogP contribution in [0.15, 0.2) is 34.7 Å². The van der Waals surface area contributed by atoms with Crippen LogP contribution in [0.2, 0.25) is 0 Å². The Hall–Kier alpha value is -0.890. The van der Waals surface area contributed by atoms with Gasteiger partial charge in [0.2, 0.25) is 0 Å². The average molecular weight is 201 g/mol. The molecule has 0 amide bonds. The van der Waals surface area contributed by atoms with Gasteiger partial charge in [0, 0.05) is 0 Å². The Labute approximate surface area is 84.9 Å². The number of hydrogen-bond acceptors (Lipinski definition) is 2. The molecule has 3 heteroatoms. The largest absolute Gasteiger partial charge is 0.405 e. The van der Waals surface area contributed by atoms with E-state index in [1.165, 1.54) is 6.20 Å². The summed E-state index contributed by atoms with van der Waals surface area (Å²) in [5.74, 6) is 0.366. The van der Waals surface area contributed by atoms with Gasteiger partial charge in [0.15, 0.2) is 0 Å². The third-order valence-corrected chi connectivity index (χ3v) is 2.07. The van der Waals surface area contributed by atoms with E-state index in [-0.39, 0.29) is 0 Å². The SMILES string of the molecule is C\C=C(/C(N)=C(Cl)\C=C/N)C(C)C. The van der Waals surface area contributed by atoms with Gasteiger partial charge in [-0.3, -0.25) is 0 Å². The first-order chi connectivity index (χ1) is 6.04. The molecule has 0 spiro atoms. The molecule has 0 aliphatic carbocycles. The van der Waals surface area contributed by atoms with Crippen LogP contribution in [0.25, 0.3) is 0 Å². The van der Waals surface area contributed by atoms with Crippen molar-refractivity contribution in [3.63, 3.8) is 0 Å². The lowest BCUT2D eigenvalue weighted by atomic mass is 10.00. The molecule has 0 bridgehead atoms. The first-order valence-corrected chi connectivity index (χ1v) is 4.62.